The van der Waals surface area contributed by atoms with Gasteiger partial charge >= 0.3 is 5.97 Å². The van der Waals surface area contributed by atoms with Gasteiger partial charge in [0.2, 0.25) is 5.91 Å². The highest BCUT2D eigenvalue weighted by Crippen LogP contribution is 2.23. The van der Waals surface area contributed by atoms with Gasteiger partial charge in [-0.25, -0.2) is 0 Å². The Labute approximate surface area is 129 Å². The van der Waals surface area contributed by atoms with Crippen molar-refractivity contribution in [3.63, 3.8) is 0 Å². The standard InChI is InChI=1S/C17H20N2O3/c1-12-9-13-5-2-3-7-15(13)19(12)11-16(20)18-8-4-6-14(18)10-17(21)22/h2-3,5,7,9,14H,4,6,8,10-11H2,1H3,(H,21,22). The molecule has 1 saturated heterocycles. The molecule has 1 fully saturated rings. The fourth-order valence-corrected chi connectivity index (χ4v) is 3.36. The summed E-state index contributed by atoms with van der Waals surface area (Å²) >= 11 is 0. The fourth-order valence-electron chi connectivity index (χ4n) is 3.36. The number of carboxylic acids is 1. The van der Waals surface area contributed by atoms with Gasteiger partial charge < -0.3 is 14.6 Å². The monoisotopic (exact) mass is 300 g/mol. The molecule has 1 aliphatic heterocycles. The van der Waals surface area contributed by atoms with Crippen LogP contribution < -0.4 is 0 Å². The molecule has 0 aliphatic carbocycles. The van der Waals surface area contributed by atoms with Crippen LogP contribution in [-0.4, -0.2) is 39.0 Å². The minimum atomic E-state index is -0.840. The van der Waals surface area contributed by atoms with E-state index in [4.69, 9.17) is 5.11 Å². The number of aryl methyl sites for hydroxylation is 1. The molecular weight excluding hydrogens is 280 g/mol. The highest BCUT2D eigenvalue weighted by molar-refractivity contribution is 5.84. The van der Waals surface area contributed by atoms with Crippen molar-refractivity contribution < 1.29 is 14.7 Å². The van der Waals surface area contributed by atoms with Gasteiger partial charge in [-0.15, -0.1) is 0 Å². The first-order valence-corrected chi connectivity index (χ1v) is 7.62. The zero-order valence-corrected chi connectivity index (χ0v) is 12.7. The molecule has 0 radical (unpaired) electrons. The molecule has 0 saturated carbocycles. The summed E-state index contributed by atoms with van der Waals surface area (Å²) in [6.07, 6.45) is 1.70. The second-order valence-corrected chi connectivity index (χ2v) is 5.91. The average molecular weight is 300 g/mol. The zero-order chi connectivity index (χ0) is 15.7. The Bertz CT molecular complexity index is 720. The van der Waals surface area contributed by atoms with Crippen molar-refractivity contribution in [3.8, 4) is 0 Å². The molecule has 0 bridgehead atoms. The van der Waals surface area contributed by atoms with E-state index in [0.29, 0.717) is 6.54 Å². The number of aliphatic carboxylic acids is 1. The maximum atomic E-state index is 12.6. The third-order valence-electron chi connectivity index (χ3n) is 4.42. The van der Waals surface area contributed by atoms with Crippen LogP contribution >= 0.6 is 0 Å². The molecular formula is C17H20N2O3. The Morgan fingerprint density at radius 3 is 2.86 bits per heavy atom. The van der Waals surface area contributed by atoms with Crippen molar-refractivity contribution >= 4 is 22.8 Å². The lowest BCUT2D eigenvalue weighted by atomic mass is 10.1. The lowest BCUT2D eigenvalue weighted by Crippen LogP contribution is -2.39. The van der Waals surface area contributed by atoms with Crippen LogP contribution in [0.2, 0.25) is 0 Å². The first-order chi connectivity index (χ1) is 10.6. The van der Waals surface area contributed by atoms with Crippen molar-refractivity contribution in [2.75, 3.05) is 6.54 Å². The van der Waals surface area contributed by atoms with Crippen LogP contribution in [-0.2, 0) is 16.1 Å². The van der Waals surface area contributed by atoms with Crippen LogP contribution in [0.25, 0.3) is 10.9 Å². The molecule has 2 heterocycles. The quantitative estimate of drug-likeness (QED) is 0.943. The summed E-state index contributed by atoms with van der Waals surface area (Å²) in [4.78, 5) is 25.3. The summed E-state index contributed by atoms with van der Waals surface area (Å²) in [5.74, 6) is -0.833. The molecule has 1 amide bonds. The number of likely N-dealkylation sites (tertiary alicyclic amines) is 1. The molecule has 1 aliphatic rings. The molecule has 116 valence electrons. The smallest absolute Gasteiger partial charge is 0.305 e. The van der Waals surface area contributed by atoms with Gasteiger partial charge in [-0.3, -0.25) is 9.59 Å². The molecule has 1 unspecified atom stereocenters. The lowest BCUT2D eigenvalue weighted by molar-refractivity contribution is -0.140. The first-order valence-electron chi connectivity index (χ1n) is 7.62. The highest BCUT2D eigenvalue weighted by Gasteiger charge is 2.30. The second-order valence-electron chi connectivity index (χ2n) is 5.91. The van der Waals surface area contributed by atoms with E-state index in [2.05, 4.69) is 6.07 Å². The van der Waals surface area contributed by atoms with Gasteiger partial charge in [0, 0.05) is 23.8 Å². The zero-order valence-electron chi connectivity index (χ0n) is 12.7. The van der Waals surface area contributed by atoms with Crippen LogP contribution in [0.5, 0.6) is 0 Å². The molecule has 0 spiro atoms. The average Bonchev–Trinajstić information content (AvgIpc) is 3.04. The van der Waals surface area contributed by atoms with Crippen molar-refractivity contribution in [2.24, 2.45) is 0 Å². The van der Waals surface area contributed by atoms with E-state index in [1.165, 1.54) is 0 Å². The highest BCUT2D eigenvalue weighted by atomic mass is 16.4. The number of benzene rings is 1. The van der Waals surface area contributed by atoms with Crippen molar-refractivity contribution in [1.29, 1.82) is 0 Å². The number of hydrogen-bond donors (Lipinski definition) is 1. The summed E-state index contributed by atoms with van der Waals surface area (Å²) in [6, 6.07) is 9.90. The van der Waals surface area contributed by atoms with Gasteiger partial charge in [0.15, 0.2) is 0 Å². The summed E-state index contributed by atoms with van der Waals surface area (Å²) < 4.78 is 2.01. The predicted octanol–water partition coefficient (Wildman–Crippen LogP) is 2.42. The van der Waals surface area contributed by atoms with Crippen LogP contribution in [0.4, 0.5) is 0 Å². The van der Waals surface area contributed by atoms with Crippen molar-refractivity contribution in [2.45, 2.75) is 38.8 Å². The van der Waals surface area contributed by atoms with Crippen LogP contribution in [0, 0.1) is 6.92 Å². The van der Waals surface area contributed by atoms with E-state index >= 15 is 0 Å². The Kier molecular flexibility index (Phi) is 3.88. The van der Waals surface area contributed by atoms with E-state index in [1.807, 2.05) is 35.8 Å². The summed E-state index contributed by atoms with van der Waals surface area (Å²) in [6.45, 7) is 2.93. The third-order valence-corrected chi connectivity index (χ3v) is 4.42. The van der Waals surface area contributed by atoms with Gasteiger partial charge in [-0.1, -0.05) is 18.2 Å². The number of carbonyl (C=O) groups is 2. The van der Waals surface area contributed by atoms with Crippen LogP contribution in [0.3, 0.4) is 0 Å². The molecule has 1 aromatic heterocycles. The Hall–Kier alpha value is -2.30. The van der Waals surface area contributed by atoms with E-state index in [-0.39, 0.29) is 24.9 Å². The Balaban J connectivity index is 1.81. The van der Waals surface area contributed by atoms with E-state index in [1.54, 1.807) is 4.90 Å². The number of para-hydroxylation sites is 1. The molecule has 5 nitrogen and oxygen atoms in total. The second kappa shape index (κ2) is 5.83. The molecule has 1 N–H and O–H groups in total. The number of fused-ring (bicyclic) bond motifs is 1. The van der Waals surface area contributed by atoms with Crippen LogP contribution in [0.1, 0.15) is 25.0 Å². The molecule has 2 aromatic rings. The van der Waals surface area contributed by atoms with E-state index in [0.717, 1.165) is 29.4 Å². The van der Waals surface area contributed by atoms with Gasteiger partial charge in [0.05, 0.1) is 6.42 Å². The minimum absolute atomic E-state index is 0.00760. The number of aromatic nitrogens is 1. The fraction of sp³-hybridized carbons (Fsp3) is 0.412. The summed E-state index contributed by atoms with van der Waals surface area (Å²) in [5.41, 5.74) is 2.09. The number of carboxylic acid groups (broad SMARTS) is 1. The topological polar surface area (TPSA) is 62.5 Å². The maximum Gasteiger partial charge on any atom is 0.305 e. The van der Waals surface area contributed by atoms with Crippen molar-refractivity contribution in [1.82, 2.24) is 9.47 Å². The van der Waals surface area contributed by atoms with Gasteiger partial charge in [-0.05, 0) is 37.3 Å². The largest absolute Gasteiger partial charge is 0.481 e. The number of rotatable bonds is 4. The van der Waals surface area contributed by atoms with Crippen LogP contribution in [0.15, 0.2) is 30.3 Å². The van der Waals surface area contributed by atoms with Gasteiger partial charge in [-0.2, -0.15) is 0 Å². The molecule has 5 heteroatoms. The molecule has 3 rings (SSSR count). The maximum absolute atomic E-state index is 12.6. The first kappa shape index (κ1) is 14.6. The summed E-state index contributed by atoms with van der Waals surface area (Å²) in [5, 5.41) is 10.1. The normalized spacial score (nSPS) is 18.0. The van der Waals surface area contributed by atoms with Crippen molar-refractivity contribution in [3.05, 3.63) is 36.0 Å². The Morgan fingerprint density at radius 1 is 1.32 bits per heavy atom. The SMILES string of the molecule is Cc1cc2ccccc2n1CC(=O)N1CCCC1CC(=O)O. The molecule has 1 atom stereocenters. The number of nitrogens with zero attached hydrogens (tertiary/aromatic N) is 2. The molecule has 1 aromatic carbocycles. The number of hydrogen-bond acceptors (Lipinski definition) is 2. The number of carbonyl (C=O) groups excluding carboxylic acids is 1. The minimum Gasteiger partial charge on any atom is -0.481 e. The third kappa shape index (κ3) is 2.71. The van der Waals surface area contributed by atoms with E-state index < -0.39 is 5.97 Å². The summed E-state index contributed by atoms with van der Waals surface area (Å²) in [7, 11) is 0. The molecule has 22 heavy (non-hydrogen) atoms. The van der Waals surface area contributed by atoms with E-state index in [9.17, 15) is 9.59 Å². The predicted molar refractivity (Wildman–Crippen MR) is 83.7 cm³/mol. The number of amides is 1. The van der Waals surface area contributed by atoms with Gasteiger partial charge in [0.1, 0.15) is 6.54 Å². The lowest BCUT2D eigenvalue weighted by Gasteiger charge is -2.24. The Morgan fingerprint density at radius 2 is 2.09 bits per heavy atom. The van der Waals surface area contributed by atoms with Gasteiger partial charge in [0.25, 0.3) is 0 Å².